The molecule has 1 aromatic rings. The van der Waals surface area contributed by atoms with Crippen molar-refractivity contribution in [1.82, 2.24) is 5.32 Å². The van der Waals surface area contributed by atoms with Crippen LogP contribution in [0.1, 0.15) is 12.0 Å². The first-order valence-electron chi connectivity index (χ1n) is 5.86. The fourth-order valence-electron chi connectivity index (χ4n) is 1.97. The van der Waals surface area contributed by atoms with Crippen LogP contribution in [0.4, 0.5) is 10.5 Å². The lowest BCUT2D eigenvalue weighted by Crippen LogP contribution is -2.43. The highest BCUT2D eigenvalue weighted by molar-refractivity contribution is 5.92. The monoisotopic (exact) mass is 234 g/mol. The van der Waals surface area contributed by atoms with Crippen molar-refractivity contribution in [2.75, 3.05) is 25.2 Å². The lowest BCUT2D eigenvalue weighted by atomic mass is 10.2. The highest BCUT2D eigenvalue weighted by atomic mass is 16.5. The molecule has 1 N–H and O–H groups in total. The van der Waals surface area contributed by atoms with E-state index < -0.39 is 0 Å². The number of hydrogen-bond acceptors (Lipinski definition) is 2. The smallest absolute Gasteiger partial charge is 0.321 e. The summed E-state index contributed by atoms with van der Waals surface area (Å²) in [5, 5.41) is 2.97. The lowest BCUT2D eigenvalue weighted by Gasteiger charge is -2.22. The van der Waals surface area contributed by atoms with E-state index in [-0.39, 0.29) is 12.1 Å². The Balaban J connectivity index is 2.01. The molecule has 92 valence electrons. The maximum atomic E-state index is 12.0. The van der Waals surface area contributed by atoms with Gasteiger partial charge in [0, 0.05) is 19.3 Å². The zero-order valence-corrected chi connectivity index (χ0v) is 10.3. The Bertz CT molecular complexity index is 400. The number of amides is 2. The van der Waals surface area contributed by atoms with Crippen molar-refractivity contribution in [3.8, 4) is 0 Å². The highest BCUT2D eigenvalue weighted by Crippen LogP contribution is 2.18. The zero-order valence-electron chi connectivity index (χ0n) is 10.3. The molecule has 17 heavy (non-hydrogen) atoms. The summed E-state index contributed by atoms with van der Waals surface area (Å²) in [4.78, 5) is 13.7. The van der Waals surface area contributed by atoms with E-state index in [2.05, 4.69) is 5.32 Å². The van der Waals surface area contributed by atoms with Crippen LogP contribution in [0.2, 0.25) is 0 Å². The van der Waals surface area contributed by atoms with Gasteiger partial charge in [-0.25, -0.2) is 4.79 Å². The number of carbonyl (C=O) groups excluding carboxylic acids is 1. The van der Waals surface area contributed by atoms with Gasteiger partial charge in [0.25, 0.3) is 0 Å². The molecule has 1 unspecified atom stereocenters. The SMILES string of the molecule is Cc1ccccc1N(C)C(=O)NC1CCOC1. The van der Waals surface area contributed by atoms with E-state index in [9.17, 15) is 4.79 Å². The van der Waals surface area contributed by atoms with Gasteiger partial charge in [-0.3, -0.25) is 4.90 Å². The maximum absolute atomic E-state index is 12.0. The summed E-state index contributed by atoms with van der Waals surface area (Å²) in [5.41, 5.74) is 2.02. The number of nitrogens with zero attached hydrogens (tertiary/aromatic N) is 1. The van der Waals surface area contributed by atoms with Gasteiger partial charge < -0.3 is 10.1 Å². The average molecular weight is 234 g/mol. The Morgan fingerprint density at radius 2 is 2.24 bits per heavy atom. The molecule has 1 heterocycles. The third-order valence-corrected chi connectivity index (χ3v) is 3.04. The van der Waals surface area contributed by atoms with Crippen LogP contribution in [-0.2, 0) is 4.74 Å². The van der Waals surface area contributed by atoms with Crippen LogP contribution >= 0.6 is 0 Å². The molecule has 1 aliphatic rings. The van der Waals surface area contributed by atoms with Crippen molar-refractivity contribution < 1.29 is 9.53 Å². The van der Waals surface area contributed by atoms with Crippen molar-refractivity contribution in [1.29, 1.82) is 0 Å². The molecule has 1 fully saturated rings. The van der Waals surface area contributed by atoms with E-state index in [0.29, 0.717) is 6.61 Å². The molecular formula is C13H18N2O2. The Labute approximate surface area is 102 Å². The number of ether oxygens (including phenoxy) is 1. The first-order valence-corrected chi connectivity index (χ1v) is 5.86. The topological polar surface area (TPSA) is 41.6 Å². The first-order chi connectivity index (χ1) is 8.18. The molecule has 0 aromatic heterocycles. The number of anilines is 1. The maximum Gasteiger partial charge on any atom is 0.321 e. The second-order valence-corrected chi connectivity index (χ2v) is 4.36. The standard InChI is InChI=1S/C13H18N2O2/c1-10-5-3-4-6-12(10)15(2)13(16)14-11-7-8-17-9-11/h3-6,11H,7-9H2,1-2H3,(H,14,16). The number of aryl methyl sites for hydroxylation is 1. The Morgan fingerprint density at radius 1 is 1.47 bits per heavy atom. The van der Waals surface area contributed by atoms with E-state index in [4.69, 9.17) is 4.74 Å². The molecule has 1 saturated heterocycles. The van der Waals surface area contributed by atoms with Gasteiger partial charge in [0.15, 0.2) is 0 Å². The number of hydrogen-bond donors (Lipinski definition) is 1. The highest BCUT2D eigenvalue weighted by Gasteiger charge is 2.20. The van der Waals surface area contributed by atoms with Gasteiger partial charge in [-0.05, 0) is 25.0 Å². The van der Waals surface area contributed by atoms with Crippen molar-refractivity contribution in [3.05, 3.63) is 29.8 Å². The Morgan fingerprint density at radius 3 is 2.88 bits per heavy atom. The minimum atomic E-state index is -0.0743. The Hall–Kier alpha value is -1.55. The third-order valence-electron chi connectivity index (χ3n) is 3.04. The summed E-state index contributed by atoms with van der Waals surface area (Å²) in [5.74, 6) is 0. The molecule has 4 heteroatoms. The third kappa shape index (κ3) is 2.77. The van der Waals surface area contributed by atoms with Crippen LogP contribution in [0.5, 0.6) is 0 Å². The van der Waals surface area contributed by atoms with Gasteiger partial charge in [-0.1, -0.05) is 18.2 Å². The summed E-state index contributed by atoms with van der Waals surface area (Å²) in [6, 6.07) is 7.92. The van der Waals surface area contributed by atoms with E-state index in [0.717, 1.165) is 24.3 Å². The summed E-state index contributed by atoms with van der Waals surface area (Å²) in [7, 11) is 1.79. The number of para-hydroxylation sites is 1. The fraction of sp³-hybridized carbons (Fsp3) is 0.462. The minimum absolute atomic E-state index is 0.0743. The predicted octanol–water partition coefficient (Wildman–Crippen LogP) is 1.93. The van der Waals surface area contributed by atoms with Crippen LogP contribution in [0.25, 0.3) is 0 Å². The summed E-state index contributed by atoms with van der Waals surface area (Å²) >= 11 is 0. The van der Waals surface area contributed by atoms with Crippen molar-refractivity contribution >= 4 is 11.7 Å². The van der Waals surface area contributed by atoms with Crippen LogP contribution < -0.4 is 10.2 Å². The van der Waals surface area contributed by atoms with E-state index in [1.807, 2.05) is 31.2 Å². The molecule has 0 radical (unpaired) electrons. The second kappa shape index (κ2) is 5.19. The second-order valence-electron chi connectivity index (χ2n) is 4.36. The largest absolute Gasteiger partial charge is 0.379 e. The lowest BCUT2D eigenvalue weighted by molar-refractivity contribution is 0.189. The zero-order chi connectivity index (χ0) is 12.3. The molecular weight excluding hydrogens is 216 g/mol. The Kier molecular flexibility index (Phi) is 3.64. The number of urea groups is 1. The van der Waals surface area contributed by atoms with Gasteiger partial charge in [0.1, 0.15) is 0 Å². The van der Waals surface area contributed by atoms with Gasteiger partial charge in [0.2, 0.25) is 0 Å². The molecule has 4 nitrogen and oxygen atoms in total. The summed E-state index contributed by atoms with van der Waals surface area (Å²) in [6.07, 6.45) is 0.896. The van der Waals surface area contributed by atoms with Gasteiger partial charge in [-0.2, -0.15) is 0 Å². The van der Waals surface area contributed by atoms with Gasteiger partial charge >= 0.3 is 6.03 Å². The molecule has 2 rings (SSSR count). The number of carbonyl (C=O) groups is 1. The summed E-state index contributed by atoms with van der Waals surface area (Å²) < 4.78 is 5.23. The number of benzene rings is 1. The van der Waals surface area contributed by atoms with Gasteiger partial charge in [0.05, 0.1) is 12.6 Å². The van der Waals surface area contributed by atoms with Crippen molar-refractivity contribution in [3.63, 3.8) is 0 Å². The molecule has 0 saturated carbocycles. The summed E-state index contributed by atoms with van der Waals surface area (Å²) in [6.45, 7) is 3.35. The quantitative estimate of drug-likeness (QED) is 0.849. The normalized spacial score (nSPS) is 19.1. The molecule has 1 atom stereocenters. The molecule has 1 aromatic carbocycles. The fourth-order valence-corrected chi connectivity index (χ4v) is 1.97. The molecule has 0 bridgehead atoms. The molecule has 0 aliphatic carbocycles. The number of nitrogens with one attached hydrogen (secondary N) is 1. The van der Waals surface area contributed by atoms with Gasteiger partial charge in [-0.15, -0.1) is 0 Å². The van der Waals surface area contributed by atoms with Crippen molar-refractivity contribution in [2.45, 2.75) is 19.4 Å². The molecule has 1 aliphatic heterocycles. The van der Waals surface area contributed by atoms with Crippen molar-refractivity contribution in [2.24, 2.45) is 0 Å². The van der Waals surface area contributed by atoms with E-state index >= 15 is 0 Å². The molecule has 0 spiro atoms. The van der Waals surface area contributed by atoms with Crippen LogP contribution in [0, 0.1) is 6.92 Å². The van der Waals surface area contributed by atoms with Crippen LogP contribution in [-0.4, -0.2) is 32.3 Å². The minimum Gasteiger partial charge on any atom is -0.379 e. The average Bonchev–Trinajstić information content (AvgIpc) is 2.81. The predicted molar refractivity (Wildman–Crippen MR) is 67.3 cm³/mol. The van der Waals surface area contributed by atoms with E-state index in [1.54, 1.807) is 11.9 Å². The van der Waals surface area contributed by atoms with Crippen LogP contribution in [0.15, 0.2) is 24.3 Å². The number of rotatable bonds is 2. The van der Waals surface area contributed by atoms with E-state index in [1.165, 1.54) is 0 Å². The molecule has 2 amide bonds. The first kappa shape index (κ1) is 11.9. The van der Waals surface area contributed by atoms with Crippen LogP contribution in [0.3, 0.4) is 0 Å².